The Morgan fingerprint density at radius 2 is 0.880 bits per heavy atom. The number of carbonyl (C=O) groups excluding carboxylic acids is 1. The lowest BCUT2D eigenvalue weighted by molar-refractivity contribution is -0.147. The lowest BCUT2D eigenvalue weighted by Crippen LogP contribution is -2.55. The highest BCUT2D eigenvalue weighted by atomic mass is 16.4. The largest absolute Gasteiger partial charge is 0.480 e. The molecule has 20 heteroatoms. The number of aliphatic carboxylic acids is 4. The molecule has 286 valence electrons. The number of hydrazine groups is 2. The van der Waals surface area contributed by atoms with E-state index in [1.165, 1.54) is 0 Å². The fourth-order valence-corrected chi connectivity index (χ4v) is 6.69. The molecule has 0 aromatic rings. The number of carboxylic acid groups (broad SMARTS) is 4. The molecule has 0 spiro atoms. The van der Waals surface area contributed by atoms with Crippen molar-refractivity contribution in [3.05, 3.63) is 0 Å². The Morgan fingerprint density at radius 1 is 0.500 bits per heavy atom. The Hall–Kier alpha value is -3.05. The van der Waals surface area contributed by atoms with E-state index in [2.05, 4.69) is 0 Å². The number of aliphatic hydroxyl groups is 1. The number of aliphatic hydroxyl groups excluding tert-OH is 1. The van der Waals surface area contributed by atoms with E-state index >= 15 is 0 Å². The molecule has 9 N–H and O–H groups in total. The third-order valence-corrected chi connectivity index (χ3v) is 9.75. The predicted molar refractivity (Wildman–Crippen MR) is 178 cm³/mol. The Bertz CT molecular complexity index is 1120. The standard InChI is InChI=1S/C30H56N10O10/c31-39-17-13-37(14-18-39)25(41)3-1-23(29(47)48)35-9-7-33(21-27(43)44)5-6-34(22-28(45)46)8-10-36(12-11-35)24(30(49)50)2-4-26(42)38-15-19-40(32)20-16-38/h23-25,41H,1-22,31-32H2,(H,43,44)(H,45,46)(H,47,48)(H,49,50). The van der Waals surface area contributed by atoms with Crippen LogP contribution in [-0.4, -0.2) is 231 Å². The fraction of sp³-hybridized carbons (Fsp3) is 0.833. The van der Waals surface area contributed by atoms with Crippen LogP contribution in [0.5, 0.6) is 0 Å². The van der Waals surface area contributed by atoms with Crippen LogP contribution in [0.4, 0.5) is 0 Å². The van der Waals surface area contributed by atoms with Gasteiger partial charge in [0.05, 0.1) is 13.1 Å². The number of nitrogens with zero attached hydrogens (tertiary/aromatic N) is 8. The van der Waals surface area contributed by atoms with E-state index in [9.17, 15) is 49.5 Å². The van der Waals surface area contributed by atoms with Gasteiger partial charge in [-0.1, -0.05) is 0 Å². The molecule has 20 nitrogen and oxygen atoms in total. The fourth-order valence-electron chi connectivity index (χ4n) is 6.69. The third kappa shape index (κ3) is 13.9. The molecule has 0 aromatic carbocycles. The van der Waals surface area contributed by atoms with Crippen molar-refractivity contribution in [3.63, 3.8) is 0 Å². The van der Waals surface area contributed by atoms with Crippen LogP contribution in [0.25, 0.3) is 0 Å². The first kappa shape index (κ1) is 41.4. The minimum Gasteiger partial charge on any atom is -0.480 e. The first-order chi connectivity index (χ1) is 23.7. The van der Waals surface area contributed by atoms with E-state index < -0.39 is 42.2 Å². The summed E-state index contributed by atoms with van der Waals surface area (Å²) < 4.78 is 0. The minimum atomic E-state index is -1.16. The van der Waals surface area contributed by atoms with Crippen LogP contribution >= 0.6 is 0 Å². The molecular formula is C30H56N10O10. The number of carboxylic acids is 4. The normalized spacial score (nSPS) is 23.0. The van der Waals surface area contributed by atoms with E-state index in [0.717, 1.165) is 0 Å². The van der Waals surface area contributed by atoms with Crippen molar-refractivity contribution in [2.75, 3.05) is 118 Å². The monoisotopic (exact) mass is 716 g/mol. The summed E-state index contributed by atoms with van der Waals surface area (Å²) in [6.07, 6.45) is -0.688. The van der Waals surface area contributed by atoms with Crippen LogP contribution in [0.2, 0.25) is 0 Å². The van der Waals surface area contributed by atoms with E-state index in [-0.39, 0.29) is 97.0 Å². The van der Waals surface area contributed by atoms with E-state index in [1.807, 2.05) is 4.90 Å². The number of nitrogens with two attached hydrogens (primary N) is 2. The van der Waals surface area contributed by atoms with Gasteiger partial charge in [0.15, 0.2) is 0 Å². The Balaban J connectivity index is 1.82. The molecule has 50 heavy (non-hydrogen) atoms. The van der Waals surface area contributed by atoms with Crippen LogP contribution in [-0.2, 0) is 24.0 Å². The minimum absolute atomic E-state index is 0.00700. The molecule has 1 amide bonds. The van der Waals surface area contributed by atoms with Crippen LogP contribution in [0.1, 0.15) is 25.7 Å². The van der Waals surface area contributed by atoms with Crippen LogP contribution < -0.4 is 11.7 Å². The number of piperazine rings is 2. The Labute approximate surface area is 292 Å². The molecule has 3 fully saturated rings. The molecule has 3 atom stereocenters. The third-order valence-electron chi connectivity index (χ3n) is 9.75. The number of hydrogen-bond donors (Lipinski definition) is 7. The lowest BCUT2D eigenvalue weighted by atomic mass is 10.1. The first-order valence-electron chi connectivity index (χ1n) is 17.2. The van der Waals surface area contributed by atoms with Crippen molar-refractivity contribution in [3.8, 4) is 0 Å². The number of amides is 1. The van der Waals surface area contributed by atoms with Crippen molar-refractivity contribution in [2.24, 2.45) is 11.7 Å². The average molecular weight is 717 g/mol. The molecule has 0 aliphatic carbocycles. The highest BCUT2D eigenvalue weighted by Gasteiger charge is 2.33. The van der Waals surface area contributed by atoms with E-state index in [1.54, 1.807) is 34.5 Å². The molecular weight excluding hydrogens is 660 g/mol. The molecule has 0 radical (unpaired) electrons. The summed E-state index contributed by atoms with van der Waals surface area (Å²) in [5, 5.41) is 53.9. The maximum atomic E-state index is 13.0. The number of hydrogen-bond acceptors (Lipinski definition) is 15. The summed E-state index contributed by atoms with van der Waals surface area (Å²) in [5.41, 5.74) is 0. The molecule has 0 aromatic heterocycles. The molecule has 3 aliphatic rings. The molecule has 3 unspecified atom stereocenters. The summed E-state index contributed by atoms with van der Waals surface area (Å²) in [5.74, 6) is 6.98. The number of rotatable bonds is 15. The molecule has 0 bridgehead atoms. The summed E-state index contributed by atoms with van der Waals surface area (Å²) in [7, 11) is 0. The van der Waals surface area contributed by atoms with Gasteiger partial charge in [0.2, 0.25) is 5.91 Å². The van der Waals surface area contributed by atoms with Gasteiger partial charge in [0.1, 0.15) is 18.3 Å². The van der Waals surface area contributed by atoms with Gasteiger partial charge in [-0.15, -0.1) is 0 Å². The molecule has 3 heterocycles. The second-order valence-electron chi connectivity index (χ2n) is 13.2. The molecule has 3 rings (SSSR count). The van der Waals surface area contributed by atoms with Gasteiger partial charge in [-0.25, -0.2) is 10.0 Å². The zero-order valence-corrected chi connectivity index (χ0v) is 28.8. The van der Waals surface area contributed by atoms with Crippen molar-refractivity contribution in [2.45, 2.75) is 44.0 Å². The van der Waals surface area contributed by atoms with Gasteiger partial charge in [0, 0.05) is 111 Å². The Morgan fingerprint density at radius 3 is 1.32 bits per heavy atom. The van der Waals surface area contributed by atoms with Crippen molar-refractivity contribution in [1.29, 1.82) is 0 Å². The van der Waals surface area contributed by atoms with Crippen molar-refractivity contribution < 1.29 is 49.5 Å². The summed E-state index contributed by atoms with van der Waals surface area (Å²) in [6.45, 7) is 4.47. The first-order valence-corrected chi connectivity index (χ1v) is 17.2. The van der Waals surface area contributed by atoms with E-state index in [0.29, 0.717) is 52.4 Å². The van der Waals surface area contributed by atoms with Crippen molar-refractivity contribution in [1.82, 2.24) is 39.4 Å². The van der Waals surface area contributed by atoms with Crippen LogP contribution in [0, 0.1) is 0 Å². The topological polar surface area (TPSA) is 264 Å². The maximum absolute atomic E-state index is 13.0. The predicted octanol–water partition coefficient (Wildman–Crippen LogP) is -4.33. The summed E-state index contributed by atoms with van der Waals surface area (Å²) >= 11 is 0. The lowest BCUT2D eigenvalue weighted by Gasteiger charge is -2.38. The van der Waals surface area contributed by atoms with Gasteiger partial charge >= 0.3 is 23.9 Å². The van der Waals surface area contributed by atoms with Gasteiger partial charge in [-0.2, -0.15) is 0 Å². The van der Waals surface area contributed by atoms with Gasteiger partial charge in [0.25, 0.3) is 0 Å². The summed E-state index contributed by atoms with van der Waals surface area (Å²) in [4.78, 5) is 71.8. The Kier molecular flexibility index (Phi) is 17.1. The SMILES string of the molecule is NN1CCN(C(=O)CCC(C(=O)O)N2CCN(CC(=O)O)CCN(CC(=O)O)CCN(C(CCC(O)N3CCN(N)CC3)C(=O)O)CC2)CC1. The summed E-state index contributed by atoms with van der Waals surface area (Å²) in [6, 6.07) is -2.17. The zero-order chi connectivity index (χ0) is 36.8. The number of carbonyl (C=O) groups is 5. The van der Waals surface area contributed by atoms with Gasteiger partial charge in [-0.05, 0) is 19.3 Å². The quantitative estimate of drug-likeness (QED) is 0.0790. The van der Waals surface area contributed by atoms with Crippen molar-refractivity contribution >= 4 is 29.8 Å². The van der Waals surface area contributed by atoms with E-state index in [4.69, 9.17) is 11.7 Å². The van der Waals surface area contributed by atoms with Crippen LogP contribution in [0.3, 0.4) is 0 Å². The molecule has 3 aliphatic heterocycles. The highest BCUT2D eigenvalue weighted by Crippen LogP contribution is 2.17. The molecule has 0 saturated carbocycles. The molecule has 3 saturated heterocycles. The second-order valence-corrected chi connectivity index (χ2v) is 13.2. The maximum Gasteiger partial charge on any atom is 0.320 e. The van der Waals surface area contributed by atoms with Gasteiger partial charge in [-0.3, -0.25) is 60.2 Å². The highest BCUT2D eigenvalue weighted by molar-refractivity contribution is 5.78. The van der Waals surface area contributed by atoms with Crippen LogP contribution in [0.15, 0.2) is 0 Å². The van der Waals surface area contributed by atoms with Gasteiger partial charge < -0.3 is 30.4 Å². The zero-order valence-electron chi connectivity index (χ0n) is 28.8. The average Bonchev–Trinajstić information content (AvgIpc) is 3.05. The smallest absolute Gasteiger partial charge is 0.320 e. The second kappa shape index (κ2) is 20.7.